The van der Waals surface area contributed by atoms with Crippen LogP contribution < -0.4 is 11.1 Å². The fraction of sp³-hybridized carbons (Fsp3) is 0.615. The van der Waals surface area contributed by atoms with E-state index in [1.54, 1.807) is 12.4 Å². The second-order valence-corrected chi connectivity index (χ2v) is 5.50. The molecule has 5 heteroatoms. The van der Waals surface area contributed by atoms with Crippen molar-refractivity contribution in [3.05, 3.63) is 16.9 Å². The zero-order valence-corrected chi connectivity index (χ0v) is 12.1. The van der Waals surface area contributed by atoms with Gasteiger partial charge >= 0.3 is 0 Å². The molecule has 0 aliphatic heterocycles. The van der Waals surface area contributed by atoms with Gasteiger partial charge in [0.05, 0.1) is 34.8 Å². The Balaban J connectivity index is 1.71. The number of nitrogens with two attached hydrogens (primary N) is 1. The number of hydrogen-bond donors (Lipinski definition) is 2. The lowest BCUT2D eigenvalue weighted by molar-refractivity contribution is 0.0347. The molecule has 0 saturated heterocycles. The number of pyridine rings is 1. The molecule has 1 heterocycles. The third-order valence-corrected chi connectivity index (χ3v) is 3.84. The Hall–Kier alpha value is -0.810. The van der Waals surface area contributed by atoms with E-state index in [1.807, 2.05) is 0 Å². The first-order valence-corrected chi connectivity index (χ1v) is 7.31. The summed E-state index contributed by atoms with van der Waals surface area (Å²) in [5.41, 5.74) is 7.41. The Labute approximate surface area is 116 Å². The van der Waals surface area contributed by atoms with Gasteiger partial charge in [0, 0.05) is 12.7 Å². The molecule has 0 unspecified atom stereocenters. The molecule has 0 amide bonds. The van der Waals surface area contributed by atoms with E-state index in [-0.39, 0.29) is 0 Å². The fourth-order valence-electron chi connectivity index (χ4n) is 2.27. The van der Waals surface area contributed by atoms with E-state index < -0.39 is 0 Å². The first-order valence-electron chi connectivity index (χ1n) is 6.52. The monoisotopic (exact) mass is 313 g/mol. The van der Waals surface area contributed by atoms with Gasteiger partial charge in [-0.1, -0.05) is 19.3 Å². The van der Waals surface area contributed by atoms with Crippen molar-refractivity contribution in [2.45, 2.75) is 38.2 Å². The molecule has 1 aromatic heterocycles. The molecular formula is C13H20BrN3O. The second kappa shape index (κ2) is 6.95. The van der Waals surface area contributed by atoms with Gasteiger partial charge in [0.2, 0.25) is 0 Å². The normalized spacial score (nSPS) is 16.7. The Morgan fingerprint density at radius 2 is 2.11 bits per heavy atom. The van der Waals surface area contributed by atoms with Crippen LogP contribution in [0.15, 0.2) is 16.9 Å². The van der Waals surface area contributed by atoms with E-state index in [0.29, 0.717) is 11.8 Å². The van der Waals surface area contributed by atoms with E-state index in [1.165, 1.54) is 32.1 Å². The highest BCUT2D eigenvalue weighted by atomic mass is 79.9. The number of rotatable bonds is 5. The molecule has 1 saturated carbocycles. The van der Waals surface area contributed by atoms with Crippen molar-refractivity contribution in [3.8, 4) is 0 Å². The van der Waals surface area contributed by atoms with Gasteiger partial charge in [-0.05, 0) is 28.8 Å². The van der Waals surface area contributed by atoms with Crippen LogP contribution in [-0.4, -0.2) is 24.2 Å². The van der Waals surface area contributed by atoms with Crippen molar-refractivity contribution in [3.63, 3.8) is 0 Å². The number of nitrogens with one attached hydrogen (secondary N) is 1. The first-order chi connectivity index (χ1) is 8.77. The van der Waals surface area contributed by atoms with E-state index in [0.717, 1.165) is 23.3 Å². The number of halogens is 1. The molecule has 4 nitrogen and oxygen atoms in total. The third-order valence-electron chi connectivity index (χ3n) is 3.24. The molecule has 100 valence electrons. The highest BCUT2D eigenvalue weighted by molar-refractivity contribution is 9.10. The van der Waals surface area contributed by atoms with Crippen LogP contribution in [0, 0.1) is 0 Å². The Bertz CT molecular complexity index is 360. The SMILES string of the molecule is Nc1cncc(Br)c1NCCOC1CCCCC1. The number of aromatic nitrogens is 1. The quantitative estimate of drug-likeness (QED) is 0.820. The van der Waals surface area contributed by atoms with Crippen LogP contribution in [0.2, 0.25) is 0 Å². The molecule has 0 atom stereocenters. The molecule has 0 aromatic carbocycles. The van der Waals surface area contributed by atoms with E-state index in [4.69, 9.17) is 10.5 Å². The topological polar surface area (TPSA) is 60.2 Å². The van der Waals surface area contributed by atoms with E-state index in [9.17, 15) is 0 Å². The predicted octanol–water partition coefficient (Wildman–Crippen LogP) is 3.19. The van der Waals surface area contributed by atoms with Gasteiger partial charge in [0.15, 0.2) is 0 Å². The zero-order valence-electron chi connectivity index (χ0n) is 10.5. The van der Waals surface area contributed by atoms with Crippen molar-refractivity contribution in [1.82, 2.24) is 4.98 Å². The largest absolute Gasteiger partial charge is 0.396 e. The number of nitrogen functional groups attached to an aromatic ring is 1. The minimum atomic E-state index is 0.457. The van der Waals surface area contributed by atoms with Crippen molar-refractivity contribution in [2.75, 3.05) is 24.2 Å². The van der Waals surface area contributed by atoms with Gasteiger partial charge in [-0.2, -0.15) is 0 Å². The Kier molecular flexibility index (Phi) is 5.26. The summed E-state index contributed by atoms with van der Waals surface area (Å²) >= 11 is 3.43. The number of anilines is 2. The Morgan fingerprint density at radius 1 is 1.33 bits per heavy atom. The number of hydrogen-bond acceptors (Lipinski definition) is 4. The highest BCUT2D eigenvalue weighted by Gasteiger charge is 2.13. The van der Waals surface area contributed by atoms with Gasteiger partial charge in [0.1, 0.15) is 0 Å². The van der Waals surface area contributed by atoms with E-state index in [2.05, 4.69) is 26.2 Å². The molecule has 0 radical (unpaired) electrons. The second-order valence-electron chi connectivity index (χ2n) is 4.64. The summed E-state index contributed by atoms with van der Waals surface area (Å²) in [5, 5.41) is 3.28. The van der Waals surface area contributed by atoms with Crippen molar-refractivity contribution in [2.24, 2.45) is 0 Å². The Morgan fingerprint density at radius 3 is 2.83 bits per heavy atom. The maximum absolute atomic E-state index is 5.85. The van der Waals surface area contributed by atoms with Gasteiger partial charge in [-0.15, -0.1) is 0 Å². The van der Waals surface area contributed by atoms with Crippen LogP contribution in [0.25, 0.3) is 0 Å². The van der Waals surface area contributed by atoms with Crippen LogP contribution in [-0.2, 0) is 4.74 Å². The molecule has 1 aromatic rings. The van der Waals surface area contributed by atoms with Crippen molar-refractivity contribution in [1.29, 1.82) is 0 Å². The lowest BCUT2D eigenvalue weighted by Crippen LogP contribution is -2.20. The molecule has 2 rings (SSSR count). The lowest BCUT2D eigenvalue weighted by Gasteiger charge is -2.22. The predicted molar refractivity (Wildman–Crippen MR) is 77.7 cm³/mol. The fourth-order valence-corrected chi connectivity index (χ4v) is 2.76. The number of nitrogens with zero attached hydrogens (tertiary/aromatic N) is 1. The summed E-state index contributed by atoms with van der Waals surface area (Å²) in [6.45, 7) is 1.49. The average Bonchev–Trinajstić information content (AvgIpc) is 2.38. The van der Waals surface area contributed by atoms with Gasteiger partial charge < -0.3 is 15.8 Å². The maximum atomic E-state index is 5.85. The maximum Gasteiger partial charge on any atom is 0.0750 e. The summed E-state index contributed by atoms with van der Waals surface area (Å²) < 4.78 is 6.74. The van der Waals surface area contributed by atoms with Crippen molar-refractivity contribution < 1.29 is 4.74 Å². The molecule has 0 bridgehead atoms. The summed E-state index contributed by atoms with van der Waals surface area (Å²) in [7, 11) is 0. The smallest absolute Gasteiger partial charge is 0.0750 e. The summed E-state index contributed by atoms with van der Waals surface area (Å²) in [5.74, 6) is 0. The summed E-state index contributed by atoms with van der Waals surface area (Å²) in [6, 6.07) is 0. The van der Waals surface area contributed by atoms with Crippen LogP contribution in [0.1, 0.15) is 32.1 Å². The molecule has 1 aliphatic rings. The molecule has 1 aliphatic carbocycles. The van der Waals surface area contributed by atoms with Crippen LogP contribution >= 0.6 is 15.9 Å². The zero-order chi connectivity index (χ0) is 12.8. The number of ether oxygens (including phenoxy) is 1. The van der Waals surface area contributed by atoms with Crippen LogP contribution in [0.5, 0.6) is 0 Å². The molecule has 0 spiro atoms. The molecule has 3 N–H and O–H groups in total. The van der Waals surface area contributed by atoms with Crippen LogP contribution in [0.4, 0.5) is 11.4 Å². The molecule has 18 heavy (non-hydrogen) atoms. The minimum absolute atomic E-state index is 0.457. The first kappa shape index (κ1) is 13.6. The van der Waals surface area contributed by atoms with Gasteiger partial charge in [-0.3, -0.25) is 4.98 Å². The van der Waals surface area contributed by atoms with Gasteiger partial charge in [0.25, 0.3) is 0 Å². The van der Waals surface area contributed by atoms with E-state index >= 15 is 0 Å². The molecular weight excluding hydrogens is 294 g/mol. The minimum Gasteiger partial charge on any atom is -0.396 e. The van der Waals surface area contributed by atoms with Crippen molar-refractivity contribution >= 4 is 27.3 Å². The van der Waals surface area contributed by atoms with Crippen LogP contribution in [0.3, 0.4) is 0 Å². The average molecular weight is 314 g/mol. The summed E-state index contributed by atoms with van der Waals surface area (Å²) in [6.07, 6.45) is 10.2. The third kappa shape index (κ3) is 3.85. The van der Waals surface area contributed by atoms with Gasteiger partial charge in [-0.25, -0.2) is 0 Å². The summed E-state index contributed by atoms with van der Waals surface area (Å²) in [4.78, 5) is 4.00. The molecule has 1 fully saturated rings. The lowest BCUT2D eigenvalue weighted by atomic mass is 9.98. The standard InChI is InChI=1S/C13H20BrN3O/c14-11-8-16-9-12(15)13(11)17-6-7-18-10-4-2-1-3-5-10/h8-10H,1-7,15H2,(H,16,17). The highest BCUT2D eigenvalue weighted by Crippen LogP contribution is 2.26.